The first-order valence-electron chi connectivity index (χ1n) is 6.29. The fraction of sp³-hybridized carbons (Fsp3) is 0.429. The Morgan fingerprint density at radius 3 is 2.63 bits per heavy atom. The predicted molar refractivity (Wildman–Crippen MR) is 72.5 cm³/mol. The summed E-state index contributed by atoms with van der Waals surface area (Å²) in [6.07, 6.45) is 0. The second kappa shape index (κ2) is 4.91. The Morgan fingerprint density at radius 2 is 2.11 bits per heavy atom. The van der Waals surface area contributed by atoms with Gasteiger partial charge in [0.1, 0.15) is 0 Å². The maximum absolute atomic E-state index is 12.2. The second-order valence-corrected chi connectivity index (χ2v) is 5.17. The Morgan fingerprint density at radius 1 is 1.42 bits per heavy atom. The van der Waals surface area contributed by atoms with Crippen LogP contribution < -0.4 is 4.90 Å². The third-order valence-corrected chi connectivity index (χ3v) is 3.57. The number of benzene rings is 1. The molecule has 1 aromatic rings. The fourth-order valence-electron chi connectivity index (χ4n) is 2.40. The van der Waals surface area contributed by atoms with Crippen molar-refractivity contribution in [2.24, 2.45) is 5.92 Å². The van der Waals surface area contributed by atoms with Crippen molar-refractivity contribution < 1.29 is 14.7 Å². The standard InChI is InChI=1S/C14H18N2O3/c1-9(2)12-8-16(14(19)15(12)3)11-6-4-5-10(7-11)13(17)18/h4-7,9,12H,8H2,1-3H3,(H,17,18). The van der Waals surface area contributed by atoms with Crippen molar-refractivity contribution in [3.8, 4) is 0 Å². The van der Waals surface area contributed by atoms with E-state index in [-0.39, 0.29) is 17.6 Å². The van der Waals surface area contributed by atoms with Gasteiger partial charge in [-0.1, -0.05) is 19.9 Å². The number of aromatic carboxylic acids is 1. The zero-order valence-corrected chi connectivity index (χ0v) is 11.3. The molecule has 0 aliphatic carbocycles. The molecule has 0 saturated carbocycles. The number of hydrogen-bond donors (Lipinski definition) is 1. The molecule has 1 fully saturated rings. The lowest BCUT2D eigenvalue weighted by molar-refractivity contribution is 0.0697. The van der Waals surface area contributed by atoms with Gasteiger partial charge < -0.3 is 10.0 Å². The van der Waals surface area contributed by atoms with Gasteiger partial charge in [0.2, 0.25) is 0 Å². The second-order valence-electron chi connectivity index (χ2n) is 5.17. The van der Waals surface area contributed by atoms with E-state index < -0.39 is 5.97 Å². The summed E-state index contributed by atoms with van der Waals surface area (Å²) in [5.41, 5.74) is 0.834. The SMILES string of the molecule is CC(C)C1CN(c2cccc(C(=O)O)c2)C(=O)N1C. The van der Waals surface area contributed by atoms with E-state index in [1.165, 1.54) is 12.1 Å². The molecular formula is C14H18N2O3. The highest BCUT2D eigenvalue weighted by Crippen LogP contribution is 2.26. The highest BCUT2D eigenvalue weighted by molar-refractivity contribution is 5.96. The smallest absolute Gasteiger partial charge is 0.335 e. The molecule has 1 atom stereocenters. The quantitative estimate of drug-likeness (QED) is 0.909. The summed E-state index contributed by atoms with van der Waals surface area (Å²) in [5.74, 6) is -0.621. The third kappa shape index (κ3) is 2.41. The van der Waals surface area contributed by atoms with Crippen molar-refractivity contribution in [2.75, 3.05) is 18.5 Å². The van der Waals surface area contributed by atoms with Crippen LogP contribution in [0.2, 0.25) is 0 Å². The molecule has 0 spiro atoms. The zero-order chi connectivity index (χ0) is 14.2. The van der Waals surface area contributed by atoms with Gasteiger partial charge in [0, 0.05) is 19.3 Å². The molecule has 1 aliphatic heterocycles. The van der Waals surface area contributed by atoms with Gasteiger partial charge in [-0.05, 0) is 24.1 Å². The van der Waals surface area contributed by atoms with Crippen molar-refractivity contribution in [1.82, 2.24) is 4.90 Å². The highest BCUT2D eigenvalue weighted by Gasteiger charge is 2.37. The van der Waals surface area contributed by atoms with E-state index in [0.717, 1.165) is 0 Å². The molecule has 102 valence electrons. The average Bonchev–Trinajstić information content (AvgIpc) is 2.67. The van der Waals surface area contributed by atoms with Crippen LogP contribution in [0.5, 0.6) is 0 Å². The van der Waals surface area contributed by atoms with Crippen LogP contribution in [0.25, 0.3) is 0 Å². The van der Waals surface area contributed by atoms with Gasteiger partial charge in [-0.25, -0.2) is 9.59 Å². The van der Waals surface area contributed by atoms with Crippen molar-refractivity contribution in [1.29, 1.82) is 0 Å². The van der Waals surface area contributed by atoms with Gasteiger partial charge in [-0.2, -0.15) is 0 Å². The topological polar surface area (TPSA) is 60.9 Å². The lowest BCUT2D eigenvalue weighted by Gasteiger charge is -2.20. The zero-order valence-electron chi connectivity index (χ0n) is 11.3. The first kappa shape index (κ1) is 13.4. The Hall–Kier alpha value is -2.04. The van der Waals surface area contributed by atoms with Crippen LogP contribution in [0.4, 0.5) is 10.5 Å². The van der Waals surface area contributed by atoms with Crippen LogP contribution in [0.3, 0.4) is 0 Å². The largest absolute Gasteiger partial charge is 0.478 e. The molecule has 0 radical (unpaired) electrons. The molecule has 2 rings (SSSR count). The molecule has 19 heavy (non-hydrogen) atoms. The van der Waals surface area contributed by atoms with E-state index in [1.54, 1.807) is 29.0 Å². The minimum absolute atomic E-state index is 0.0822. The van der Waals surface area contributed by atoms with E-state index in [1.807, 2.05) is 0 Å². The normalized spacial score (nSPS) is 19.4. The van der Waals surface area contributed by atoms with E-state index in [9.17, 15) is 9.59 Å². The number of hydrogen-bond acceptors (Lipinski definition) is 2. The van der Waals surface area contributed by atoms with Crippen molar-refractivity contribution in [3.63, 3.8) is 0 Å². The minimum Gasteiger partial charge on any atom is -0.478 e. The monoisotopic (exact) mass is 262 g/mol. The van der Waals surface area contributed by atoms with Crippen LogP contribution in [0.15, 0.2) is 24.3 Å². The molecule has 1 N–H and O–H groups in total. The van der Waals surface area contributed by atoms with E-state index in [2.05, 4.69) is 13.8 Å². The lowest BCUT2D eigenvalue weighted by Crippen LogP contribution is -2.33. The van der Waals surface area contributed by atoms with Gasteiger partial charge in [0.05, 0.1) is 11.6 Å². The molecule has 2 amide bonds. The van der Waals surface area contributed by atoms with E-state index in [4.69, 9.17) is 5.11 Å². The van der Waals surface area contributed by atoms with E-state index >= 15 is 0 Å². The van der Waals surface area contributed by atoms with Gasteiger partial charge in [0.15, 0.2) is 0 Å². The van der Waals surface area contributed by atoms with Gasteiger partial charge in [-0.3, -0.25) is 4.90 Å². The molecule has 5 nitrogen and oxygen atoms in total. The van der Waals surface area contributed by atoms with Gasteiger partial charge in [0.25, 0.3) is 0 Å². The highest BCUT2D eigenvalue weighted by atomic mass is 16.4. The third-order valence-electron chi connectivity index (χ3n) is 3.57. The van der Waals surface area contributed by atoms with Crippen LogP contribution in [0.1, 0.15) is 24.2 Å². The summed E-state index contributed by atoms with van der Waals surface area (Å²) in [7, 11) is 1.79. The Bertz CT molecular complexity index is 513. The number of nitrogens with zero attached hydrogens (tertiary/aromatic N) is 2. The van der Waals surface area contributed by atoms with Crippen molar-refractivity contribution in [3.05, 3.63) is 29.8 Å². The lowest BCUT2D eigenvalue weighted by atomic mass is 10.0. The van der Waals surface area contributed by atoms with Crippen LogP contribution in [-0.4, -0.2) is 41.6 Å². The molecular weight excluding hydrogens is 244 g/mol. The maximum Gasteiger partial charge on any atom is 0.335 e. The number of urea groups is 1. The van der Waals surface area contributed by atoms with Crippen LogP contribution in [0, 0.1) is 5.92 Å². The first-order valence-corrected chi connectivity index (χ1v) is 6.29. The summed E-state index contributed by atoms with van der Waals surface area (Å²) in [4.78, 5) is 26.5. The van der Waals surface area contributed by atoms with Crippen molar-refractivity contribution in [2.45, 2.75) is 19.9 Å². The Labute approximate surface area is 112 Å². The first-order chi connectivity index (χ1) is 8.91. The number of likely N-dealkylation sites (N-methyl/N-ethyl adjacent to an activating group) is 1. The molecule has 1 aromatic carbocycles. The number of rotatable bonds is 3. The molecule has 1 saturated heterocycles. The van der Waals surface area contributed by atoms with Crippen LogP contribution >= 0.6 is 0 Å². The van der Waals surface area contributed by atoms with Gasteiger partial charge in [-0.15, -0.1) is 0 Å². The Kier molecular flexibility index (Phi) is 3.46. The molecule has 1 unspecified atom stereocenters. The number of carbonyl (C=O) groups is 2. The summed E-state index contributed by atoms with van der Waals surface area (Å²) in [6, 6.07) is 6.56. The number of anilines is 1. The fourth-order valence-corrected chi connectivity index (χ4v) is 2.40. The van der Waals surface area contributed by atoms with Crippen LogP contribution in [-0.2, 0) is 0 Å². The average molecular weight is 262 g/mol. The minimum atomic E-state index is -0.984. The van der Waals surface area contributed by atoms with Crippen molar-refractivity contribution >= 4 is 17.7 Å². The Balaban J connectivity index is 2.30. The summed E-state index contributed by atoms with van der Waals surface area (Å²) < 4.78 is 0. The van der Waals surface area contributed by atoms with E-state index in [0.29, 0.717) is 18.2 Å². The molecule has 5 heteroatoms. The molecule has 1 aliphatic rings. The molecule has 1 heterocycles. The predicted octanol–water partition coefficient (Wildman–Crippen LogP) is 2.28. The maximum atomic E-state index is 12.2. The summed E-state index contributed by atoms with van der Waals surface area (Å²) in [5, 5.41) is 9.00. The summed E-state index contributed by atoms with van der Waals surface area (Å²) in [6.45, 7) is 4.74. The number of carbonyl (C=O) groups excluding carboxylic acids is 1. The number of carboxylic acids is 1. The van der Waals surface area contributed by atoms with Gasteiger partial charge >= 0.3 is 12.0 Å². The molecule has 0 aromatic heterocycles. The molecule has 0 bridgehead atoms. The number of amides is 2. The number of carboxylic acid groups (broad SMARTS) is 1. The summed E-state index contributed by atoms with van der Waals surface area (Å²) >= 11 is 0.